The largest absolute Gasteiger partial charge is 0.707 e. The lowest BCUT2D eigenvalue weighted by Crippen LogP contribution is -3.08. The second-order valence-electron chi connectivity index (χ2n) is 3.85. The van der Waals surface area contributed by atoms with E-state index in [9.17, 15) is 8.42 Å². The van der Waals surface area contributed by atoms with Crippen molar-refractivity contribution in [1.29, 1.82) is 0 Å². The molecule has 18 heavy (non-hydrogen) atoms. The van der Waals surface area contributed by atoms with Crippen molar-refractivity contribution in [2.24, 2.45) is 0 Å². The highest BCUT2D eigenvalue weighted by Gasteiger charge is 1.86. The van der Waals surface area contributed by atoms with Crippen molar-refractivity contribution >= 4 is 10.1 Å². The second-order valence-corrected chi connectivity index (χ2v) is 5.39. The van der Waals surface area contributed by atoms with Crippen molar-refractivity contribution in [1.82, 2.24) is 0 Å². The Morgan fingerprint density at radius 3 is 1.11 bits per heavy atom. The Morgan fingerprint density at radius 1 is 0.944 bits per heavy atom. The topological polar surface area (TPSA) is 70.9 Å². The van der Waals surface area contributed by atoms with Crippen molar-refractivity contribution in [2.45, 2.75) is 54.4 Å². The summed E-state index contributed by atoms with van der Waals surface area (Å²) in [6.07, 6.45) is 3.18. The Morgan fingerprint density at radius 2 is 1.11 bits per heavy atom. The summed E-state index contributed by atoms with van der Waals surface area (Å²) in [7, 11) is -1.52. The van der Waals surface area contributed by atoms with E-state index in [4.69, 9.17) is 5.26 Å². The van der Waals surface area contributed by atoms with Gasteiger partial charge in [-0.15, -0.1) is 0 Å². The van der Waals surface area contributed by atoms with E-state index in [0.717, 1.165) is 0 Å². The molecule has 6 heteroatoms. The van der Waals surface area contributed by atoms with Gasteiger partial charge in [0.25, 0.3) is 10.1 Å². The number of nitrogens with one attached hydrogen (secondary N) is 1. The third kappa shape index (κ3) is 74.6. The minimum atomic E-state index is -3.72. The van der Waals surface area contributed by atoms with Gasteiger partial charge in [-0.05, 0) is 13.8 Å². The average Bonchev–Trinajstić information content (AvgIpc) is 2.30. The van der Waals surface area contributed by atoms with E-state index >= 15 is 0 Å². The minimum absolute atomic E-state index is 0.681. The summed E-state index contributed by atoms with van der Waals surface area (Å²) in [5, 5.41) is 8.86. The number of rotatable bonds is 3. The van der Waals surface area contributed by atoms with E-state index in [-0.39, 0.29) is 0 Å². The maximum atomic E-state index is 9.47. The molecular weight excluding hydrogens is 254 g/mol. The summed E-state index contributed by atoms with van der Waals surface area (Å²) in [4.78, 5) is 1.59. The van der Waals surface area contributed by atoms with Crippen molar-refractivity contribution in [3.05, 3.63) is 0 Å². The molecule has 0 radical (unpaired) electrons. The molecule has 0 aromatic rings. The Balaban J connectivity index is -0.0000000770. The quantitative estimate of drug-likeness (QED) is 0.610. The first kappa shape index (κ1) is 26.4. The van der Waals surface area contributed by atoms with E-state index in [0.29, 0.717) is 6.26 Å². The molecule has 116 valence electrons. The van der Waals surface area contributed by atoms with Crippen LogP contribution in [0.5, 0.6) is 0 Å². The molecule has 0 amide bonds. The van der Waals surface area contributed by atoms with Crippen LogP contribution in [0.4, 0.5) is 0 Å². The van der Waals surface area contributed by atoms with Gasteiger partial charge in [0.2, 0.25) is 0 Å². The Labute approximate surface area is 114 Å². The second kappa shape index (κ2) is 22.0. The van der Waals surface area contributed by atoms with Gasteiger partial charge in [-0.1, -0.05) is 40.5 Å². The van der Waals surface area contributed by atoms with E-state index in [1.807, 2.05) is 0 Å². The van der Waals surface area contributed by atoms with Crippen LogP contribution in [0.15, 0.2) is 0 Å². The third-order valence-corrected chi connectivity index (χ3v) is 1.58. The van der Waals surface area contributed by atoms with Crippen LogP contribution >= 0.6 is 0 Å². The summed E-state index contributed by atoms with van der Waals surface area (Å²) in [5.74, 6) is 0. The molecule has 0 heterocycles. The predicted octanol–water partition coefficient (Wildman–Crippen LogP) is 0.611. The Bertz CT molecular complexity index is 200. The van der Waals surface area contributed by atoms with Crippen LogP contribution in [0.2, 0.25) is 0 Å². The molecule has 0 fully saturated rings. The fourth-order valence-corrected chi connectivity index (χ4v) is 0.250. The molecule has 0 aromatic carbocycles. The third-order valence-electron chi connectivity index (χ3n) is 1.33. The lowest BCUT2D eigenvalue weighted by Gasteiger charge is -2.04. The fourth-order valence-electron chi connectivity index (χ4n) is 0.250. The van der Waals surface area contributed by atoms with Crippen molar-refractivity contribution in [3.63, 3.8) is 0 Å². The van der Waals surface area contributed by atoms with Crippen molar-refractivity contribution < 1.29 is 22.9 Å². The fraction of sp³-hybridized carbons (Fsp3) is 1.00. The maximum absolute atomic E-state index is 9.47. The number of hydrogen-bond acceptors (Lipinski definition) is 4. The number of quaternary nitrogens is 1. The first-order valence-corrected chi connectivity index (χ1v) is 8.34. The van der Waals surface area contributed by atoms with Crippen LogP contribution in [-0.2, 0) is 14.5 Å². The van der Waals surface area contributed by atoms with Gasteiger partial charge in [-0.2, -0.15) is 0 Å². The summed E-state index contributed by atoms with van der Waals surface area (Å²) in [6.45, 7) is 15.4. The molecule has 0 aliphatic heterocycles. The molecule has 0 rings (SSSR count). The molecule has 0 aliphatic rings. The molecule has 1 N–H and O–H groups in total. The summed E-state index contributed by atoms with van der Waals surface area (Å²) >= 11 is 0. The van der Waals surface area contributed by atoms with Crippen LogP contribution < -0.4 is 10.2 Å². The van der Waals surface area contributed by atoms with Gasteiger partial charge >= 0.3 is 0 Å². The normalized spacial score (nSPS) is 9.22. The highest BCUT2D eigenvalue weighted by molar-refractivity contribution is 7.85. The van der Waals surface area contributed by atoms with E-state index < -0.39 is 10.1 Å². The maximum Gasteiger partial charge on any atom is 0.255 e. The van der Waals surface area contributed by atoms with Crippen LogP contribution in [-0.4, -0.2) is 34.8 Å². The van der Waals surface area contributed by atoms with E-state index in [1.54, 1.807) is 4.90 Å². The van der Waals surface area contributed by atoms with Crippen molar-refractivity contribution in [2.75, 3.05) is 26.4 Å². The summed E-state index contributed by atoms with van der Waals surface area (Å²) < 4.78 is 21.6. The molecule has 0 unspecified atom stereocenters. The highest BCUT2D eigenvalue weighted by Crippen LogP contribution is 1.71. The Hall–Kier alpha value is -0.170. The molecule has 0 atom stereocenters. The summed E-state index contributed by atoms with van der Waals surface area (Å²) in [5.41, 5.74) is 0. The van der Waals surface area contributed by atoms with Gasteiger partial charge in [0.05, 0.1) is 26.4 Å². The SMILES string of the molecule is CCC.CCC.CC[NH+](C)CC.CS(=O)(=O)O[O-]. The summed E-state index contributed by atoms with van der Waals surface area (Å²) in [6, 6.07) is 0. The highest BCUT2D eigenvalue weighted by atomic mass is 32.2. The molecule has 0 spiro atoms. The van der Waals surface area contributed by atoms with Gasteiger partial charge in [0.15, 0.2) is 0 Å². The smallest absolute Gasteiger partial charge is 0.255 e. The molecule has 0 bridgehead atoms. The molecule has 0 saturated heterocycles. The molecule has 5 nitrogen and oxygen atoms in total. The number of hydrogen-bond donors (Lipinski definition) is 1. The van der Waals surface area contributed by atoms with Gasteiger partial charge < -0.3 is 14.5 Å². The average molecular weight is 287 g/mol. The van der Waals surface area contributed by atoms with Gasteiger partial charge in [0, 0.05) is 0 Å². The molecule has 0 aliphatic carbocycles. The molecular formula is C12H33NO4S. The van der Waals surface area contributed by atoms with Crippen LogP contribution in [0.1, 0.15) is 54.4 Å². The standard InChI is InChI=1S/C5H13N.2C3H8.CH4O4S/c1-4-6(3)5-2;2*1-3-2;1-6(3,4)5-2/h4-5H2,1-3H3;2*3H2,1-2H3;2H,1H3. The zero-order valence-corrected chi connectivity index (χ0v) is 14.2. The minimum Gasteiger partial charge on any atom is -0.707 e. The first-order chi connectivity index (χ1) is 8.20. The predicted molar refractivity (Wildman–Crippen MR) is 75.8 cm³/mol. The van der Waals surface area contributed by atoms with Gasteiger partial charge in [-0.3, -0.25) is 0 Å². The van der Waals surface area contributed by atoms with E-state index in [1.165, 1.54) is 25.9 Å². The Kier molecular flexibility index (Phi) is 32.3. The zero-order valence-electron chi connectivity index (χ0n) is 13.4. The molecule has 0 aromatic heterocycles. The van der Waals surface area contributed by atoms with Crippen LogP contribution in [0.25, 0.3) is 0 Å². The van der Waals surface area contributed by atoms with Crippen LogP contribution in [0, 0.1) is 0 Å². The lowest BCUT2D eigenvalue weighted by molar-refractivity contribution is -0.875. The van der Waals surface area contributed by atoms with E-state index in [2.05, 4.69) is 52.9 Å². The van der Waals surface area contributed by atoms with Crippen molar-refractivity contribution in [3.8, 4) is 0 Å². The van der Waals surface area contributed by atoms with Gasteiger partial charge in [0.1, 0.15) is 0 Å². The first-order valence-electron chi connectivity index (χ1n) is 6.52. The zero-order chi connectivity index (χ0) is 15.6. The lowest BCUT2D eigenvalue weighted by atomic mass is 10.6. The molecule has 0 saturated carbocycles. The van der Waals surface area contributed by atoms with Gasteiger partial charge in [-0.25, -0.2) is 8.42 Å². The van der Waals surface area contributed by atoms with Crippen LogP contribution in [0.3, 0.4) is 0 Å². The monoisotopic (exact) mass is 287 g/mol.